The van der Waals surface area contributed by atoms with Crippen LogP contribution in [0.5, 0.6) is 11.5 Å². The highest BCUT2D eigenvalue weighted by Crippen LogP contribution is 2.36. The normalized spacial score (nSPS) is 15.5. The molecule has 10 heteroatoms. The maximum absolute atomic E-state index is 14.2. The lowest BCUT2D eigenvalue weighted by atomic mass is 10.1. The van der Waals surface area contributed by atoms with Crippen LogP contribution in [0.2, 0.25) is 0 Å². The van der Waals surface area contributed by atoms with Crippen molar-refractivity contribution in [1.82, 2.24) is 10.2 Å². The van der Waals surface area contributed by atoms with Crippen molar-refractivity contribution in [1.29, 1.82) is 0 Å². The molecular formula is C33H39N3O6S. The number of rotatable bonds is 12. The average molecular weight is 606 g/mol. The van der Waals surface area contributed by atoms with E-state index in [1.807, 2.05) is 37.3 Å². The number of benzene rings is 3. The molecule has 228 valence electrons. The molecule has 1 N–H and O–H groups in total. The fraction of sp³-hybridized carbons (Fsp3) is 0.394. The molecule has 3 aromatic rings. The van der Waals surface area contributed by atoms with E-state index in [9.17, 15) is 18.0 Å². The predicted molar refractivity (Wildman–Crippen MR) is 165 cm³/mol. The van der Waals surface area contributed by atoms with Crippen LogP contribution in [0.25, 0.3) is 0 Å². The summed E-state index contributed by atoms with van der Waals surface area (Å²) in [6.07, 6.45) is 4.91. The van der Waals surface area contributed by atoms with Crippen LogP contribution < -0.4 is 19.1 Å². The van der Waals surface area contributed by atoms with E-state index in [0.717, 1.165) is 35.6 Å². The van der Waals surface area contributed by atoms with Gasteiger partial charge < -0.3 is 19.7 Å². The lowest BCUT2D eigenvalue weighted by Gasteiger charge is -2.34. The maximum atomic E-state index is 14.2. The summed E-state index contributed by atoms with van der Waals surface area (Å²) < 4.78 is 40.6. The first-order chi connectivity index (χ1) is 20.9. The quantitative estimate of drug-likeness (QED) is 0.325. The number of ether oxygens (including phenoxy) is 2. The monoisotopic (exact) mass is 605 g/mol. The topological polar surface area (TPSA) is 105 Å². The van der Waals surface area contributed by atoms with Crippen molar-refractivity contribution < 1.29 is 27.5 Å². The molecule has 0 radical (unpaired) electrons. The Morgan fingerprint density at radius 2 is 1.56 bits per heavy atom. The van der Waals surface area contributed by atoms with Gasteiger partial charge in [-0.3, -0.25) is 13.9 Å². The van der Waals surface area contributed by atoms with E-state index >= 15 is 0 Å². The Morgan fingerprint density at radius 3 is 2.23 bits per heavy atom. The Kier molecular flexibility index (Phi) is 9.86. The third-order valence-corrected chi connectivity index (χ3v) is 9.78. The fourth-order valence-corrected chi connectivity index (χ4v) is 7.13. The summed E-state index contributed by atoms with van der Waals surface area (Å²) in [5.74, 6) is 0.261. The van der Waals surface area contributed by atoms with Gasteiger partial charge in [0.1, 0.15) is 25.8 Å². The Labute approximate surface area is 253 Å². The number of sulfonamides is 1. The van der Waals surface area contributed by atoms with Crippen molar-refractivity contribution in [2.75, 3.05) is 30.6 Å². The zero-order chi connectivity index (χ0) is 30.2. The summed E-state index contributed by atoms with van der Waals surface area (Å²) in [7, 11) is -4.16. The van der Waals surface area contributed by atoms with Crippen LogP contribution in [0.1, 0.15) is 44.6 Å². The number of nitrogens with one attached hydrogen (secondary N) is 1. The van der Waals surface area contributed by atoms with E-state index in [1.54, 1.807) is 41.3 Å². The van der Waals surface area contributed by atoms with Crippen LogP contribution in [0.15, 0.2) is 83.8 Å². The Morgan fingerprint density at radius 1 is 0.907 bits per heavy atom. The van der Waals surface area contributed by atoms with Crippen molar-refractivity contribution in [3.05, 3.63) is 84.4 Å². The lowest BCUT2D eigenvalue weighted by Crippen LogP contribution is -2.54. The number of carbonyl (C=O) groups is 2. The average Bonchev–Trinajstić information content (AvgIpc) is 3.55. The molecule has 2 amide bonds. The van der Waals surface area contributed by atoms with Crippen molar-refractivity contribution in [2.24, 2.45) is 0 Å². The SMILES string of the molecule is CC[C@@H](C(=O)NC1CCCC1)N(CCc1ccccc1)C(=O)CN(c1ccc2c(c1)OCCO2)S(=O)(=O)c1ccccc1. The van der Waals surface area contributed by atoms with Gasteiger partial charge in [-0.15, -0.1) is 0 Å². The molecule has 0 bridgehead atoms. The minimum Gasteiger partial charge on any atom is -0.486 e. The smallest absolute Gasteiger partial charge is 0.264 e. The molecule has 5 rings (SSSR count). The second-order valence-electron chi connectivity index (χ2n) is 10.9. The van der Waals surface area contributed by atoms with E-state index in [2.05, 4.69) is 5.32 Å². The highest BCUT2D eigenvalue weighted by atomic mass is 32.2. The van der Waals surface area contributed by atoms with Gasteiger partial charge in [-0.2, -0.15) is 0 Å². The molecule has 1 aliphatic carbocycles. The number of amides is 2. The fourth-order valence-electron chi connectivity index (χ4n) is 5.70. The van der Waals surface area contributed by atoms with Crippen LogP contribution in [-0.2, 0) is 26.0 Å². The van der Waals surface area contributed by atoms with Crippen LogP contribution in [0.4, 0.5) is 5.69 Å². The third kappa shape index (κ3) is 7.30. The molecule has 1 atom stereocenters. The highest BCUT2D eigenvalue weighted by Gasteiger charge is 2.34. The summed E-state index contributed by atoms with van der Waals surface area (Å²) in [5, 5.41) is 3.14. The summed E-state index contributed by atoms with van der Waals surface area (Å²) in [4.78, 5) is 29.4. The van der Waals surface area contributed by atoms with Gasteiger partial charge in [0.15, 0.2) is 11.5 Å². The van der Waals surface area contributed by atoms with E-state index in [-0.39, 0.29) is 29.1 Å². The van der Waals surface area contributed by atoms with Crippen LogP contribution in [0.3, 0.4) is 0 Å². The Balaban J connectivity index is 1.48. The molecule has 0 unspecified atom stereocenters. The van der Waals surface area contributed by atoms with Gasteiger partial charge in [-0.1, -0.05) is 68.3 Å². The second kappa shape index (κ2) is 13.9. The first-order valence-corrected chi connectivity index (χ1v) is 16.4. The van der Waals surface area contributed by atoms with E-state index in [0.29, 0.717) is 37.6 Å². The number of carbonyl (C=O) groups excluding carboxylic acids is 2. The highest BCUT2D eigenvalue weighted by molar-refractivity contribution is 7.92. The molecule has 0 spiro atoms. The Bertz CT molecular complexity index is 1490. The number of anilines is 1. The molecule has 9 nitrogen and oxygen atoms in total. The van der Waals surface area contributed by atoms with Crippen LogP contribution >= 0.6 is 0 Å². The number of hydrogen-bond donors (Lipinski definition) is 1. The summed E-state index contributed by atoms with van der Waals surface area (Å²) in [6.45, 7) is 2.39. The molecule has 0 aromatic heterocycles. The van der Waals surface area contributed by atoms with Crippen LogP contribution in [0, 0.1) is 0 Å². The summed E-state index contributed by atoms with van der Waals surface area (Å²) in [5.41, 5.74) is 1.29. The molecule has 1 heterocycles. The zero-order valence-electron chi connectivity index (χ0n) is 24.5. The van der Waals surface area contributed by atoms with Crippen molar-refractivity contribution in [3.63, 3.8) is 0 Å². The molecule has 1 fully saturated rings. The van der Waals surface area contributed by atoms with Crippen molar-refractivity contribution in [3.8, 4) is 11.5 Å². The molecule has 2 aliphatic rings. The van der Waals surface area contributed by atoms with Crippen molar-refractivity contribution in [2.45, 2.75) is 62.4 Å². The first-order valence-electron chi connectivity index (χ1n) is 15.0. The van der Waals surface area contributed by atoms with E-state index in [4.69, 9.17) is 9.47 Å². The lowest BCUT2D eigenvalue weighted by molar-refractivity contribution is -0.139. The summed E-state index contributed by atoms with van der Waals surface area (Å²) >= 11 is 0. The molecule has 3 aromatic carbocycles. The number of fused-ring (bicyclic) bond motifs is 1. The van der Waals surface area contributed by atoms with Gasteiger partial charge in [0, 0.05) is 18.7 Å². The molecule has 1 aliphatic heterocycles. The van der Waals surface area contributed by atoms with Gasteiger partial charge in [-0.25, -0.2) is 8.42 Å². The van der Waals surface area contributed by atoms with E-state index in [1.165, 1.54) is 12.1 Å². The second-order valence-corrected chi connectivity index (χ2v) is 12.8. The minimum absolute atomic E-state index is 0.0551. The molecule has 1 saturated carbocycles. The van der Waals surface area contributed by atoms with Gasteiger partial charge in [-0.05, 0) is 55.5 Å². The minimum atomic E-state index is -4.16. The first kappa shape index (κ1) is 30.4. The third-order valence-electron chi connectivity index (χ3n) is 8.00. The Hall–Kier alpha value is -4.05. The summed E-state index contributed by atoms with van der Waals surface area (Å²) in [6, 6.07) is 22.0. The number of nitrogens with zero attached hydrogens (tertiary/aromatic N) is 2. The maximum Gasteiger partial charge on any atom is 0.264 e. The van der Waals surface area contributed by atoms with Crippen LogP contribution in [-0.4, -0.2) is 63.5 Å². The molecular weight excluding hydrogens is 566 g/mol. The predicted octanol–water partition coefficient (Wildman–Crippen LogP) is 4.56. The van der Waals surface area contributed by atoms with Crippen molar-refractivity contribution >= 4 is 27.5 Å². The standard InChI is InChI=1S/C33H39N3O6S/c1-2-29(33(38)34-26-13-9-10-14-26)35(20-19-25-11-5-3-6-12-25)32(37)24-36(43(39,40)28-15-7-4-8-16-28)27-17-18-30-31(23-27)42-22-21-41-30/h3-8,11-12,15-18,23,26,29H,2,9-10,13-14,19-22,24H2,1H3,(H,34,38)/t29-/m0/s1. The van der Waals surface area contributed by atoms with Gasteiger partial charge in [0.25, 0.3) is 10.0 Å². The zero-order valence-corrected chi connectivity index (χ0v) is 25.3. The van der Waals surface area contributed by atoms with Gasteiger partial charge >= 0.3 is 0 Å². The molecule has 0 saturated heterocycles. The molecule has 43 heavy (non-hydrogen) atoms. The van der Waals surface area contributed by atoms with Gasteiger partial charge in [0.05, 0.1) is 10.6 Å². The van der Waals surface area contributed by atoms with E-state index < -0.39 is 28.5 Å². The number of hydrogen-bond acceptors (Lipinski definition) is 6. The van der Waals surface area contributed by atoms with Gasteiger partial charge in [0.2, 0.25) is 11.8 Å². The largest absolute Gasteiger partial charge is 0.486 e.